The Kier molecular flexibility index (Phi) is 3.99. The summed E-state index contributed by atoms with van der Waals surface area (Å²) in [6.07, 6.45) is 3.90. The van der Waals surface area contributed by atoms with Gasteiger partial charge in [-0.05, 0) is 50.8 Å². The molecule has 3 nitrogen and oxygen atoms in total. The third-order valence-electron chi connectivity index (χ3n) is 4.84. The molecule has 2 aliphatic rings. The highest BCUT2D eigenvalue weighted by Crippen LogP contribution is 2.31. The van der Waals surface area contributed by atoms with Gasteiger partial charge in [-0.2, -0.15) is 0 Å². The number of nitrogens with zero attached hydrogens (tertiary/aromatic N) is 1. The number of piperidine rings is 1. The van der Waals surface area contributed by atoms with Gasteiger partial charge in [0.15, 0.2) is 0 Å². The first kappa shape index (κ1) is 13.9. The average molecular weight is 274 g/mol. The van der Waals surface area contributed by atoms with Crippen LogP contribution in [0.4, 0.5) is 0 Å². The molecule has 0 amide bonds. The van der Waals surface area contributed by atoms with Crippen LogP contribution >= 0.6 is 0 Å². The van der Waals surface area contributed by atoms with Crippen LogP contribution < -0.4 is 10.5 Å². The Bertz CT molecular complexity index is 474. The maximum atomic E-state index is 6.11. The zero-order valence-electron chi connectivity index (χ0n) is 12.6. The van der Waals surface area contributed by atoms with E-state index < -0.39 is 0 Å². The average Bonchev–Trinajstić information content (AvgIpc) is 2.82. The molecule has 0 aliphatic carbocycles. The largest absolute Gasteiger partial charge is 0.488 e. The maximum Gasteiger partial charge on any atom is 0.123 e. The summed E-state index contributed by atoms with van der Waals surface area (Å²) in [5.74, 6) is 1.75. The molecule has 0 radical (unpaired) electrons. The van der Waals surface area contributed by atoms with Gasteiger partial charge in [0.1, 0.15) is 11.9 Å². The maximum absolute atomic E-state index is 6.11. The predicted octanol–water partition coefficient (Wildman–Crippen LogP) is 2.36. The Morgan fingerprint density at radius 3 is 3.00 bits per heavy atom. The van der Waals surface area contributed by atoms with Crippen molar-refractivity contribution in [1.29, 1.82) is 0 Å². The number of hydrogen-bond donors (Lipinski definition) is 1. The SMILES string of the molecule is Cc1ccc2c(c1)CC(CN1CC(CN)CCC1C)O2. The molecule has 1 aromatic carbocycles. The van der Waals surface area contributed by atoms with Crippen molar-refractivity contribution >= 4 is 0 Å². The van der Waals surface area contributed by atoms with E-state index in [9.17, 15) is 0 Å². The zero-order valence-corrected chi connectivity index (χ0v) is 12.6. The Hall–Kier alpha value is -1.06. The van der Waals surface area contributed by atoms with Crippen LogP contribution in [0.3, 0.4) is 0 Å². The number of rotatable bonds is 3. The molecular weight excluding hydrogens is 248 g/mol. The second kappa shape index (κ2) is 5.74. The zero-order chi connectivity index (χ0) is 14.1. The van der Waals surface area contributed by atoms with Crippen molar-refractivity contribution < 1.29 is 4.74 Å². The van der Waals surface area contributed by atoms with Gasteiger partial charge >= 0.3 is 0 Å². The van der Waals surface area contributed by atoms with Crippen LogP contribution in [-0.2, 0) is 6.42 Å². The first-order valence-electron chi connectivity index (χ1n) is 7.86. The molecular formula is C17H26N2O. The summed E-state index contributed by atoms with van der Waals surface area (Å²) in [6.45, 7) is 7.46. The van der Waals surface area contributed by atoms with E-state index in [4.69, 9.17) is 10.5 Å². The number of aryl methyl sites for hydroxylation is 1. The Morgan fingerprint density at radius 1 is 1.35 bits per heavy atom. The van der Waals surface area contributed by atoms with Gasteiger partial charge in [-0.3, -0.25) is 4.90 Å². The molecule has 20 heavy (non-hydrogen) atoms. The second-order valence-electron chi connectivity index (χ2n) is 6.54. The van der Waals surface area contributed by atoms with E-state index in [0.29, 0.717) is 18.1 Å². The summed E-state index contributed by atoms with van der Waals surface area (Å²) in [7, 11) is 0. The van der Waals surface area contributed by atoms with Gasteiger partial charge in [-0.1, -0.05) is 17.7 Å². The Labute approximate surface area is 122 Å². The molecule has 0 bridgehead atoms. The number of likely N-dealkylation sites (tertiary alicyclic amines) is 1. The van der Waals surface area contributed by atoms with E-state index in [1.54, 1.807) is 0 Å². The van der Waals surface area contributed by atoms with Crippen molar-refractivity contribution in [2.45, 2.75) is 45.3 Å². The molecule has 0 saturated carbocycles. The van der Waals surface area contributed by atoms with E-state index in [2.05, 4.69) is 36.9 Å². The first-order valence-corrected chi connectivity index (χ1v) is 7.86. The fourth-order valence-corrected chi connectivity index (χ4v) is 3.52. The lowest BCUT2D eigenvalue weighted by Gasteiger charge is -2.38. The second-order valence-corrected chi connectivity index (χ2v) is 6.54. The lowest BCUT2D eigenvalue weighted by Crippen LogP contribution is -2.47. The van der Waals surface area contributed by atoms with Crippen LogP contribution in [0.1, 0.15) is 30.9 Å². The van der Waals surface area contributed by atoms with Crippen molar-refractivity contribution in [2.75, 3.05) is 19.6 Å². The monoisotopic (exact) mass is 274 g/mol. The van der Waals surface area contributed by atoms with Crippen LogP contribution in [0.5, 0.6) is 5.75 Å². The molecule has 2 N–H and O–H groups in total. The van der Waals surface area contributed by atoms with E-state index in [1.165, 1.54) is 24.0 Å². The number of benzene rings is 1. The summed E-state index contributed by atoms with van der Waals surface area (Å²) in [5.41, 5.74) is 8.54. The molecule has 3 unspecified atom stereocenters. The van der Waals surface area contributed by atoms with Crippen LogP contribution in [0, 0.1) is 12.8 Å². The van der Waals surface area contributed by atoms with E-state index >= 15 is 0 Å². The summed E-state index contributed by atoms with van der Waals surface area (Å²) in [6, 6.07) is 7.17. The highest BCUT2D eigenvalue weighted by molar-refractivity contribution is 5.40. The molecule has 3 heteroatoms. The standard InChI is InChI=1S/C17H26N2O/c1-12-3-6-17-15(7-12)8-16(20-17)11-19-10-14(9-18)5-4-13(19)2/h3,6-7,13-14,16H,4-5,8-11,18H2,1-2H3. The minimum Gasteiger partial charge on any atom is -0.488 e. The highest BCUT2D eigenvalue weighted by Gasteiger charge is 2.30. The predicted molar refractivity (Wildman–Crippen MR) is 82.1 cm³/mol. The molecule has 1 fully saturated rings. The Morgan fingerprint density at radius 2 is 2.20 bits per heavy atom. The number of hydrogen-bond acceptors (Lipinski definition) is 3. The van der Waals surface area contributed by atoms with Crippen molar-refractivity contribution in [1.82, 2.24) is 4.90 Å². The fraction of sp³-hybridized carbons (Fsp3) is 0.647. The van der Waals surface area contributed by atoms with Gasteiger partial charge in [0.2, 0.25) is 0 Å². The molecule has 1 aromatic rings. The highest BCUT2D eigenvalue weighted by atomic mass is 16.5. The van der Waals surface area contributed by atoms with Gasteiger partial charge < -0.3 is 10.5 Å². The number of fused-ring (bicyclic) bond motifs is 1. The number of nitrogens with two attached hydrogens (primary N) is 1. The van der Waals surface area contributed by atoms with Gasteiger partial charge in [0.05, 0.1) is 0 Å². The smallest absolute Gasteiger partial charge is 0.123 e. The summed E-state index contributed by atoms with van der Waals surface area (Å²) >= 11 is 0. The van der Waals surface area contributed by atoms with E-state index in [1.807, 2.05) is 0 Å². The van der Waals surface area contributed by atoms with Gasteiger partial charge in [-0.25, -0.2) is 0 Å². The molecule has 0 spiro atoms. The molecule has 2 aliphatic heterocycles. The van der Waals surface area contributed by atoms with Crippen LogP contribution in [0.15, 0.2) is 18.2 Å². The Balaban J connectivity index is 1.62. The van der Waals surface area contributed by atoms with E-state index in [-0.39, 0.29) is 0 Å². The molecule has 2 heterocycles. The van der Waals surface area contributed by atoms with Crippen molar-refractivity contribution in [2.24, 2.45) is 11.7 Å². The lowest BCUT2D eigenvalue weighted by atomic mass is 9.93. The summed E-state index contributed by atoms with van der Waals surface area (Å²) in [4.78, 5) is 2.57. The molecule has 0 aromatic heterocycles. The lowest BCUT2D eigenvalue weighted by molar-refractivity contribution is 0.0745. The molecule has 3 atom stereocenters. The van der Waals surface area contributed by atoms with Crippen molar-refractivity contribution in [3.05, 3.63) is 29.3 Å². The van der Waals surface area contributed by atoms with Gasteiger partial charge in [0.25, 0.3) is 0 Å². The minimum atomic E-state index is 0.311. The summed E-state index contributed by atoms with van der Waals surface area (Å²) < 4.78 is 6.11. The third-order valence-corrected chi connectivity index (χ3v) is 4.84. The first-order chi connectivity index (χ1) is 9.65. The van der Waals surface area contributed by atoms with Crippen molar-refractivity contribution in [3.8, 4) is 5.75 Å². The van der Waals surface area contributed by atoms with Crippen LogP contribution in [-0.4, -0.2) is 36.7 Å². The fourth-order valence-electron chi connectivity index (χ4n) is 3.52. The third kappa shape index (κ3) is 2.84. The summed E-state index contributed by atoms with van der Waals surface area (Å²) in [5, 5.41) is 0. The quantitative estimate of drug-likeness (QED) is 0.919. The van der Waals surface area contributed by atoms with Crippen LogP contribution in [0.25, 0.3) is 0 Å². The number of ether oxygens (including phenoxy) is 1. The van der Waals surface area contributed by atoms with Gasteiger partial charge in [-0.15, -0.1) is 0 Å². The molecule has 1 saturated heterocycles. The topological polar surface area (TPSA) is 38.5 Å². The van der Waals surface area contributed by atoms with Gasteiger partial charge in [0, 0.05) is 25.6 Å². The van der Waals surface area contributed by atoms with Crippen molar-refractivity contribution in [3.63, 3.8) is 0 Å². The molecule has 3 rings (SSSR count). The van der Waals surface area contributed by atoms with Crippen LogP contribution in [0.2, 0.25) is 0 Å². The minimum absolute atomic E-state index is 0.311. The molecule has 110 valence electrons. The van der Waals surface area contributed by atoms with E-state index in [0.717, 1.165) is 31.8 Å². The normalized spacial score (nSPS) is 30.1.